The standard InChI is InChI=1S/C16H34N2O/c1-5-16(6-2,13-17-7-3)14-18(4)12-15-8-10-19-11-9-15/h15,17H,5-14H2,1-4H3. The van der Waals surface area contributed by atoms with Crippen LogP contribution in [0.3, 0.4) is 0 Å². The molecule has 1 N–H and O–H groups in total. The molecule has 0 aromatic heterocycles. The summed E-state index contributed by atoms with van der Waals surface area (Å²) in [6, 6.07) is 0. The molecule has 0 amide bonds. The first-order valence-corrected chi connectivity index (χ1v) is 8.12. The summed E-state index contributed by atoms with van der Waals surface area (Å²) >= 11 is 0. The molecule has 1 aliphatic heterocycles. The van der Waals surface area contributed by atoms with Crippen LogP contribution < -0.4 is 5.32 Å². The van der Waals surface area contributed by atoms with E-state index in [1.54, 1.807) is 0 Å². The van der Waals surface area contributed by atoms with E-state index in [9.17, 15) is 0 Å². The molecule has 0 radical (unpaired) electrons. The number of rotatable bonds is 9. The fraction of sp³-hybridized carbons (Fsp3) is 1.00. The van der Waals surface area contributed by atoms with Gasteiger partial charge in [-0.05, 0) is 50.6 Å². The molecule has 3 heteroatoms. The van der Waals surface area contributed by atoms with Gasteiger partial charge in [-0.15, -0.1) is 0 Å². The van der Waals surface area contributed by atoms with E-state index in [2.05, 4.69) is 38.0 Å². The second kappa shape index (κ2) is 8.93. The summed E-state index contributed by atoms with van der Waals surface area (Å²) in [6.07, 6.45) is 4.99. The molecule has 1 rings (SSSR count). The molecule has 19 heavy (non-hydrogen) atoms. The highest BCUT2D eigenvalue weighted by Crippen LogP contribution is 2.27. The first-order chi connectivity index (χ1) is 9.15. The molecule has 1 fully saturated rings. The van der Waals surface area contributed by atoms with Crippen LogP contribution in [0.4, 0.5) is 0 Å². The van der Waals surface area contributed by atoms with E-state index in [0.29, 0.717) is 5.41 Å². The molecule has 114 valence electrons. The van der Waals surface area contributed by atoms with Gasteiger partial charge in [0.1, 0.15) is 0 Å². The number of ether oxygens (including phenoxy) is 1. The van der Waals surface area contributed by atoms with Gasteiger partial charge in [-0.25, -0.2) is 0 Å². The highest BCUT2D eigenvalue weighted by Gasteiger charge is 2.28. The zero-order valence-electron chi connectivity index (χ0n) is 13.5. The number of nitrogens with one attached hydrogen (secondary N) is 1. The van der Waals surface area contributed by atoms with Crippen molar-refractivity contribution in [3.8, 4) is 0 Å². The summed E-state index contributed by atoms with van der Waals surface area (Å²) < 4.78 is 5.45. The molecule has 1 saturated heterocycles. The van der Waals surface area contributed by atoms with Crippen LogP contribution in [0, 0.1) is 11.3 Å². The van der Waals surface area contributed by atoms with Gasteiger partial charge in [-0.2, -0.15) is 0 Å². The largest absolute Gasteiger partial charge is 0.381 e. The Balaban J connectivity index is 2.42. The van der Waals surface area contributed by atoms with Crippen molar-refractivity contribution in [3.05, 3.63) is 0 Å². The van der Waals surface area contributed by atoms with Crippen LogP contribution in [-0.4, -0.2) is 51.3 Å². The zero-order chi connectivity index (χ0) is 14.1. The summed E-state index contributed by atoms with van der Waals surface area (Å²) in [5.74, 6) is 0.837. The molecular weight excluding hydrogens is 236 g/mol. The summed E-state index contributed by atoms with van der Waals surface area (Å²) in [5.41, 5.74) is 0.440. The van der Waals surface area contributed by atoms with Gasteiger partial charge < -0.3 is 15.0 Å². The molecule has 0 saturated carbocycles. The number of hydrogen-bond acceptors (Lipinski definition) is 3. The molecule has 0 bridgehead atoms. The molecule has 1 heterocycles. The quantitative estimate of drug-likeness (QED) is 0.697. The van der Waals surface area contributed by atoms with Crippen molar-refractivity contribution < 1.29 is 4.74 Å². The SMILES string of the molecule is CCNCC(CC)(CC)CN(C)CC1CCOCC1. The smallest absolute Gasteiger partial charge is 0.0469 e. The predicted octanol–water partition coefficient (Wildman–Crippen LogP) is 2.76. The molecule has 3 nitrogen and oxygen atoms in total. The van der Waals surface area contributed by atoms with Gasteiger partial charge >= 0.3 is 0 Å². The third kappa shape index (κ3) is 5.80. The van der Waals surface area contributed by atoms with Crippen LogP contribution >= 0.6 is 0 Å². The van der Waals surface area contributed by atoms with Crippen LogP contribution in [0.15, 0.2) is 0 Å². The van der Waals surface area contributed by atoms with Crippen LogP contribution in [0.5, 0.6) is 0 Å². The van der Waals surface area contributed by atoms with Gasteiger partial charge in [-0.3, -0.25) is 0 Å². The van der Waals surface area contributed by atoms with Crippen molar-refractivity contribution >= 4 is 0 Å². The Morgan fingerprint density at radius 1 is 1.16 bits per heavy atom. The highest BCUT2D eigenvalue weighted by molar-refractivity contribution is 4.83. The van der Waals surface area contributed by atoms with Gasteiger partial charge in [0.15, 0.2) is 0 Å². The molecule has 0 aromatic rings. The van der Waals surface area contributed by atoms with Gasteiger partial charge in [0, 0.05) is 32.8 Å². The summed E-state index contributed by atoms with van der Waals surface area (Å²) in [4.78, 5) is 2.56. The van der Waals surface area contributed by atoms with E-state index in [-0.39, 0.29) is 0 Å². The first kappa shape index (κ1) is 16.9. The topological polar surface area (TPSA) is 24.5 Å². The monoisotopic (exact) mass is 270 g/mol. The molecule has 0 spiro atoms. The Labute approximate surface area is 120 Å². The minimum Gasteiger partial charge on any atom is -0.381 e. The van der Waals surface area contributed by atoms with Crippen LogP contribution in [-0.2, 0) is 4.74 Å². The maximum Gasteiger partial charge on any atom is 0.0469 e. The van der Waals surface area contributed by atoms with Crippen molar-refractivity contribution in [2.45, 2.75) is 46.5 Å². The maximum absolute atomic E-state index is 5.45. The minimum absolute atomic E-state index is 0.440. The third-order valence-corrected chi connectivity index (χ3v) is 4.77. The maximum atomic E-state index is 5.45. The second-order valence-corrected chi connectivity index (χ2v) is 6.24. The minimum atomic E-state index is 0.440. The van der Waals surface area contributed by atoms with Crippen molar-refractivity contribution in [1.29, 1.82) is 0 Å². The summed E-state index contributed by atoms with van der Waals surface area (Å²) in [7, 11) is 2.29. The molecule has 1 aliphatic rings. The molecule has 0 aliphatic carbocycles. The van der Waals surface area contributed by atoms with E-state index in [1.807, 2.05) is 0 Å². The lowest BCUT2D eigenvalue weighted by Crippen LogP contribution is -2.44. The molecule has 0 unspecified atom stereocenters. The zero-order valence-corrected chi connectivity index (χ0v) is 13.5. The number of hydrogen-bond donors (Lipinski definition) is 1. The summed E-state index contributed by atoms with van der Waals surface area (Å²) in [6.45, 7) is 13.5. The van der Waals surface area contributed by atoms with Crippen molar-refractivity contribution in [2.24, 2.45) is 11.3 Å². The van der Waals surface area contributed by atoms with Crippen LogP contribution in [0.2, 0.25) is 0 Å². The van der Waals surface area contributed by atoms with Gasteiger partial charge in [0.25, 0.3) is 0 Å². The van der Waals surface area contributed by atoms with Gasteiger partial charge in [-0.1, -0.05) is 20.8 Å². The van der Waals surface area contributed by atoms with Gasteiger partial charge in [0.05, 0.1) is 0 Å². The fourth-order valence-corrected chi connectivity index (χ4v) is 3.18. The van der Waals surface area contributed by atoms with E-state index in [1.165, 1.54) is 38.8 Å². The lowest BCUT2D eigenvalue weighted by atomic mass is 9.81. The van der Waals surface area contributed by atoms with Crippen LogP contribution in [0.25, 0.3) is 0 Å². The molecule has 0 atom stereocenters. The fourth-order valence-electron chi connectivity index (χ4n) is 3.18. The Morgan fingerprint density at radius 3 is 2.32 bits per heavy atom. The highest BCUT2D eigenvalue weighted by atomic mass is 16.5. The Morgan fingerprint density at radius 2 is 1.79 bits per heavy atom. The van der Waals surface area contributed by atoms with E-state index >= 15 is 0 Å². The average Bonchev–Trinajstić information content (AvgIpc) is 2.44. The lowest BCUT2D eigenvalue weighted by molar-refractivity contribution is 0.0483. The Hall–Kier alpha value is -0.120. The lowest BCUT2D eigenvalue weighted by Gasteiger charge is -2.37. The van der Waals surface area contributed by atoms with Gasteiger partial charge in [0.2, 0.25) is 0 Å². The first-order valence-electron chi connectivity index (χ1n) is 8.12. The van der Waals surface area contributed by atoms with E-state index in [0.717, 1.165) is 32.2 Å². The third-order valence-electron chi connectivity index (χ3n) is 4.77. The number of nitrogens with zero attached hydrogens (tertiary/aromatic N) is 1. The average molecular weight is 270 g/mol. The summed E-state index contributed by atoms with van der Waals surface area (Å²) in [5, 5.41) is 3.55. The Kier molecular flexibility index (Phi) is 7.96. The molecular formula is C16H34N2O. The van der Waals surface area contributed by atoms with E-state index < -0.39 is 0 Å². The van der Waals surface area contributed by atoms with E-state index in [4.69, 9.17) is 4.74 Å². The Bertz CT molecular complexity index is 223. The normalized spacial score (nSPS) is 18.2. The second-order valence-electron chi connectivity index (χ2n) is 6.24. The molecule has 0 aromatic carbocycles. The van der Waals surface area contributed by atoms with Crippen LogP contribution in [0.1, 0.15) is 46.5 Å². The van der Waals surface area contributed by atoms with Crippen molar-refractivity contribution in [1.82, 2.24) is 10.2 Å². The van der Waals surface area contributed by atoms with Crippen molar-refractivity contribution in [2.75, 3.05) is 46.4 Å². The van der Waals surface area contributed by atoms with Crippen molar-refractivity contribution in [3.63, 3.8) is 0 Å². The predicted molar refractivity (Wildman–Crippen MR) is 82.6 cm³/mol.